The Morgan fingerprint density at radius 2 is 2.14 bits per heavy atom. The quantitative estimate of drug-likeness (QED) is 0.743. The van der Waals surface area contributed by atoms with E-state index in [2.05, 4.69) is 5.32 Å². The largest absolute Gasteiger partial charge is 0.377 e. The van der Waals surface area contributed by atoms with Gasteiger partial charge in [0.25, 0.3) is 0 Å². The lowest BCUT2D eigenvalue weighted by Crippen LogP contribution is -2.82. The van der Waals surface area contributed by atoms with E-state index < -0.39 is 17.0 Å². The Hall–Kier alpha value is -1.14. The fraction of sp³-hybridized carbons (Fsp3) is 0.867. The number of hydrogen-bond donors (Lipinski definition) is 2. The van der Waals surface area contributed by atoms with Crippen LogP contribution < -0.4 is 11.1 Å². The predicted molar refractivity (Wildman–Crippen MR) is 77.3 cm³/mol. The minimum Gasteiger partial charge on any atom is -0.377 e. The van der Waals surface area contributed by atoms with E-state index in [1.807, 2.05) is 13.8 Å². The first-order valence-electron chi connectivity index (χ1n) is 7.76. The molecule has 2 saturated heterocycles. The van der Waals surface area contributed by atoms with E-state index in [0.717, 1.165) is 19.4 Å². The lowest BCUT2D eigenvalue weighted by Gasteiger charge is -2.65. The third-order valence-corrected chi connectivity index (χ3v) is 5.79. The van der Waals surface area contributed by atoms with Gasteiger partial charge in [0.15, 0.2) is 0 Å². The zero-order chi connectivity index (χ0) is 15.4. The molecular formula is C15H25N3O3. The number of carbonyl (C=O) groups excluding carboxylic acids is 2. The Morgan fingerprint density at radius 1 is 1.43 bits per heavy atom. The van der Waals surface area contributed by atoms with Gasteiger partial charge in [0.1, 0.15) is 11.6 Å². The van der Waals surface area contributed by atoms with E-state index in [0.29, 0.717) is 13.0 Å². The Balaban J connectivity index is 1.75. The molecule has 3 fully saturated rings. The number of likely N-dealkylation sites (tertiary alicyclic amines) is 1. The van der Waals surface area contributed by atoms with Gasteiger partial charge in [0.2, 0.25) is 11.8 Å². The van der Waals surface area contributed by atoms with Crippen LogP contribution in [0.4, 0.5) is 0 Å². The summed E-state index contributed by atoms with van der Waals surface area (Å²) < 4.78 is 5.81. The van der Waals surface area contributed by atoms with Crippen molar-refractivity contribution in [1.29, 1.82) is 0 Å². The SMILES string of the molecule is CN1CCC(NC(=O)C2(N)C3CCCOC3C2(C)C)C1=O. The molecule has 0 bridgehead atoms. The third kappa shape index (κ3) is 1.85. The molecule has 6 heteroatoms. The minimum absolute atomic E-state index is 0.0273. The van der Waals surface area contributed by atoms with Crippen LogP contribution in [0.5, 0.6) is 0 Å². The van der Waals surface area contributed by atoms with Crippen molar-refractivity contribution in [2.75, 3.05) is 20.2 Å². The average molecular weight is 295 g/mol. The molecule has 0 radical (unpaired) electrons. The van der Waals surface area contributed by atoms with Crippen molar-refractivity contribution in [2.45, 2.75) is 50.8 Å². The van der Waals surface area contributed by atoms with Crippen LogP contribution in [0.15, 0.2) is 0 Å². The van der Waals surface area contributed by atoms with Gasteiger partial charge in [0, 0.05) is 31.5 Å². The number of hydrogen-bond acceptors (Lipinski definition) is 4. The second-order valence-corrected chi connectivity index (χ2v) is 7.21. The lowest BCUT2D eigenvalue weighted by atomic mass is 9.46. The molecule has 4 atom stereocenters. The van der Waals surface area contributed by atoms with Gasteiger partial charge in [-0.2, -0.15) is 0 Å². The first kappa shape index (κ1) is 14.8. The number of nitrogens with one attached hydrogen (secondary N) is 1. The highest BCUT2D eigenvalue weighted by Crippen LogP contribution is 2.57. The molecule has 6 nitrogen and oxygen atoms in total. The van der Waals surface area contributed by atoms with E-state index in [1.54, 1.807) is 11.9 Å². The summed E-state index contributed by atoms with van der Waals surface area (Å²) in [5.41, 5.74) is 5.17. The summed E-state index contributed by atoms with van der Waals surface area (Å²) in [4.78, 5) is 26.4. The summed E-state index contributed by atoms with van der Waals surface area (Å²) in [5.74, 6) is -0.177. The molecule has 2 heterocycles. The Morgan fingerprint density at radius 3 is 2.76 bits per heavy atom. The van der Waals surface area contributed by atoms with Gasteiger partial charge in [-0.25, -0.2) is 0 Å². The lowest BCUT2D eigenvalue weighted by molar-refractivity contribution is -0.225. The molecular weight excluding hydrogens is 270 g/mol. The zero-order valence-electron chi connectivity index (χ0n) is 13.0. The van der Waals surface area contributed by atoms with Crippen LogP contribution in [0.1, 0.15) is 33.1 Å². The molecule has 3 N–H and O–H groups in total. The fourth-order valence-corrected chi connectivity index (χ4v) is 4.27. The van der Waals surface area contributed by atoms with Crippen LogP contribution in [0, 0.1) is 11.3 Å². The number of nitrogens with two attached hydrogens (primary N) is 1. The van der Waals surface area contributed by atoms with Crippen LogP contribution in [-0.2, 0) is 14.3 Å². The van der Waals surface area contributed by atoms with Gasteiger partial charge in [-0.15, -0.1) is 0 Å². The molecule has 2 amide bonds. The van der Waals surface area contributed by atoms with Gasteiger partial charge in [-0.05, 0) is 19.3 Å². The van der Waals surface area contributed by atoms with Crippen LogP contribution in [0.25, 0.3) is 0 Å². The predicted octanol–water partition coefficient (Wildman–Crippen LogP) is -0.134. The van der Waals surface area contributed by atoms with Gasteiger partial charge >= 0.3 is 0 Å². The number of rotatable bonds is 2. The number of fused-ring (bicyclic) bond motifs is 1. The summed E-state index contributed by atoms with van der Waals surface area (Å²) >= 11 is 0. The van der Waals surface area contributed by atoms with Gasteiger partial charge in [-0.1, -0.05) is 13.8 Å². The molecule has 1 aliphatic carbocycles. The number of ether oxygens (including phenoxy) is 1. The maximum atomic E-state index is 12.8. The molecule has 21 heavy (non-hydrogen) atoms. The van der Waals surface area contributed by atoms with Crippen molar-refractivity contribution in [1.82, 2.24) is 10.2 Å². The van der Waals surface area contributed by atoms with Crippen LogP contribution in [0.2, 0.25) is 0 Å². The molecule has 4 unspecified atom stereocenters. The summed E-state index contributed by atoms with van der Waals surface area (Å²) in [6.45, 7) is 5.40. The van der Waals surface area contributed by atoms with Crippen molar-refractivity contribution in [2.24, 2.45) is 17.1 Å². The summed E-state index contributed by atoms with van der Waals surface area (Å²) in [7, 11) is 1.75. The summed E-state index contributed by atoms with van der Waals surface area (Å²) in [5, 5.41) is 2.88. The molecule has 2 aliphatic heterocycles. The summed E-state index contributed by atoms with van der Waals surface area (Å²) in [6.07, 6.45) is 2.55. The first-order chi connectivity index (χ1) is 9.80. The third-order valence-electron chi connectivity index (χ3n) is 5.79. The smallest absolute Gasteiger partial charge is 0.244 e. The monoisotopic (exact) mass is 295 g/mol. The van der Waals surface area contributed by atoms with Crippen molar-refractivity contribution in [3.63, 3.8) is 0 Å². The fourth-order valence-electron chi connectivity index (χ4n) is 4.27. The molecule has 0 spiro atoms. The molecule has 0 aromatic heterocycles. The van der Waals surface area contributed by atoms with Crippen molar-refractivity contribution in [3.05, 3.63) is 0 Å². The maximum Gasteiger partial charge on any atom is 0.244 e. The van der Waals surface area contributed by atoms with E-state index in [4.69, 9.17) is 10.5 Å². The van der Waals surface area contributed by atoms with Gasteiger partial charge in [0.05, 0.1) is 6.10 Å². The van der Waals surface area contributed by atoms with Gasteiger partial charge < -0.3 is 20.7 Å². The maximum absolute atomic E-state index is 12.8. The molecule has 118 valence electrons. The molecule has 3 rings (SSSR count). The van der Waals surface area contributed by atoms with Crippen LogP contribution in [-0.4, -0.2) is 54.6 Å². The average Bonchev–Trinajstić information content (AvgIpc) is 2.78. The number of likely N-dealkylation sites (N-methyl/N-ethyl adjacent to an activating group) is 1. The Labute approximate surface area is 125 Å². The van der Waals surface area contributed by atoms with Crippen molar-refractivity contribution < 1.29 is 14.3 Å². The highest BCUT2D eigenvalue weighted by atomic mass is 16.5. The minimum atomic E-state index is -0.945. The van der Waals surface area contributed by atoms with E-state index in [9.17, 15) is 9.59 Å². The molecule has 0 aromatic rings. The highest BCUT2D eigenvalue weighted by molar-refractivity contribution is 5.94. The molecule has 0 aromatic carbocycles. The summed E-state index contributed by atoms with van der Waals surface area (Å²) in [6, 6.07) is -0.428. The van der Waals surface area contributed by atoms with Crippen LogP contribution in [0.3, 0.4) is 0 Å². The van der Waals surface area contributed by atoms with E-state index >= 15 is 0 Å². The molecule has 1 saturated carbocycles. The van der Waals surface area contributed by atoms with Crippen molar-refractivity contribution >= 4 is 11.8 Å². The second-order valence-electron chi connectivity index (χ2n) is 7.21. The van der Waals surface area contributed by atoms with Crippen molar-refractivity contribution in [3.8, 4) is 0 Å². The number of nitrogens with zero attached hydrogens (tertiary/aromatic N) is 1. The van der Waals surface area contributed by atoms with Crippen LogP contribution >= 0.6 is 0 Å². The number of amides is 2. The Bertz CT molecular complexity index is 479. The second kappa shape index (κ2) is 4.68. The normalized spacial score (nSPS) is 41.4. The first-order valence-corrected chi connectivity index (χ1v) is 7.76. The zero-order valence-corrected chi connectivity index (χ0v) is 13.0. The molecule has 3 aliphatic rings. The highest BCUT2D eigenvalue weighted by Gasteiger charge is 2.70. The Kier molecular flexibility index (Phi) is 3.29. The standard InChI is InChI=1S/C15H25N3O3/c1-14(2)11-9(5-4-8-21-11)15(14,16)13(20)17-10-6-7-18(3)12(10)19/h9-11H,4-8,16H2,1-3H3,(H,17,20). The van der Waals surface area contributed by atoms with E-state index in [-0.39, 0.29) is 23.8 Å². The van der Waals surface area contributed by atoms with Gasteiger partial charge in [-0.3, -0.25) is 9.59 Å². The topological polar surface area (TPSA) is 84.7 Å². The number of carbonyl (C=O) groups is 2. The van der Waals surface area contributed by atoms with E-state index in [1.165, 1.54) is 0 Å².